The molecule has 0 aromatic carbocycles. The SMILES string of the molecule is Cc1cc(C(=O)NCC2CCCN2c2nccs2)c(C)o1. The Hall–Kier alpha value is -1.82. The van der Waals surface area contributed by atoms with Gasteiger partial charge in [-0.25, -0.2) is 4.98 Å². The van der Waals surface area contributed by atoms with Gasteiger partial charge in [-0.15, -0.1) is 11.3 Å². The van der Waals surface area contributed by atoms with Crippen LogP contribution in [-0.2, 0) is 0 Å². The Kier molecular flexibility index (Phi) is 3.96. The highest BCUT2D eigenvalue weighted by Crippen LogP contribution is 2.26. The second kappa shape index (κ2) is 5.89. The van der Waals surface area contributed by atoms with Crippen molar-refractivity contribution in [3.63, 3.8) is 0 Å². The number of aromatic nitrogens is 1. The molecule has 0 radical (unpaired) electrons. The maximum atomic E-state index is 12.2. The van der Waals surface area contributed by atoms with E-state index in [4.69, 9.17) is 4.42 Å². The van der Waals surface area contributed by atoms with Gasteiger partial charge in [-0.1, -0.05) is 0 Å². The summed E-state index contributed by atoms with van der Waals surface area (Å²) in [5.74, 6) is 1.38. The van der Waals surface area contributed by atoms with Crippen LogP contribution in [0, 0.1) is 13.8 Å². The van der Waals surface area contributed by atoms with Gasteiger partial charge < -0.3 is 14.6 Å². The molecule has 1 aliphatic rings. The van der Waals surface area contributed by atoms with Crippen molar-refractivity contribution in [3.05, 3.63) is 34.7 Å². The Bertz CT molecular complexity index is 621. The Morgan fingerprint density at radius 1 is 1.57 bits per heavy atom. The van der Waals surface area contributed by atoms with E-state index in [-0.39, 0.29) is 5.91 Å². The molecule has 2 aromatic rings. The Morgan fingerprint density at radius 3 is 3.10 bits per heavy atom. The zero-order chi connectivity index (χ0) is 14.8. The van der Waals surface area contributed by atoms with Crippen molar-refractivity contribution in [1.82, 2.24) is 10.3 Å². The summed E-state index contributed by atoms with van der Waals surface area (Å²) in [7, 11) is 0. The molecule has 0 bridgehead atoms. The first-order chi connectivity index (χ1) is 10.1. The van der Waals surface area contributed by atoms with E-state index >= 15 is 0 Å². The van der Waals surface area contributed by atoms with E-state index in [1.807, 2.05) is 25.4 Å². The first kappa shape index (κ1) is 14.1. The van der Waals surface area contributed by atoms with Crippen LogP contribution in [0.3, 0.4) is 0 Å². The summed E-state index contributed by atoms with van der Waals surface area (Å²) in [6.07, 6.45) is 4.05. The molecule has 3 heterocycles. The number of rotatable bonds is 4. The van der Waals surface area contributed by atoms with Crippen LogP contribution in [0.2, 0.25) is 0 Å². The van der Waals surface area contributed by atoms with Crippen LogP contribution in [0.15, 0.2) is 22.1 Å². The number of furan rings is 1. The van der Waals surface area contributed by atoms with Gasteiger partial charge in [0.1, 0.15) is 11.5 Å². The van der Waals surface area contributed by atoms with Crippen molar-refractivity contribution >= 4 is 22.4 Å². The number of nitrogens with zero attached hydrogens (tertiary/aromatic N) is 2. The number of hydrogen-bond donors (Lipinski definition) is 1. The first-order valence-electron chi connectivity index (χ1n) is 7.16. The highest BCUT2D eigenvalue weighted by Gasteiger charge is 2.27. The third kappa shape index (κ3) is 2.95. The first-order valence-corrected chi connectivity index (χ1v) is 8.04. The van der Waals surface area contributed by atoms with Crippen molar-refractivity contribution in [2.24, 2.45) is 0 Å². The molecule has 1 atom stereocenters. The Labute approximate surface area is 128 Å². The molecule has 1 N–H and O–H groups in total. The van der Waals surface area contributed by atoms with Crippen molar-refractivity contribution in [2.45, 2.75) is 32.7 Å². The van der Waals surface area contributed by atoms with Crippen LogP contribution in [-0.4, -0.2) is 30.0 Å². The molecular formula is C15H19N3O2S. The van der Waals surface area contributed by atoms with Crippen LogP contribution in [0.4, 0.5) is 5.13 Å². The molecule has 0 aliphatic carbocycles. The lowest BCUT2D eigenvalue weighted by Crippen LogP contribution is -2.40. The summed E-state index contributed by atoms with van der Waals surface area (Å²) in [5.41, 5.74) is 0.631. The summed E-state index contributed by atoms with van der Waals surface area (Å²) in [5, 5.41) is 6.05. The van der Waals surface area contributed by atoms with E-state index in [0.717, 1.165) is 30.3 Å². The summed E-state index contributed by atoms with van der Waals surface area (Å²) in [4.78, 5) is 18.9. The van der Waals surface area contributed by atoms with Crippen LogP contribution in [0.25, 0.3) is 0 Å². The van der Waals surface area contributed by atoms with E-state index < -0.39 is 0 Å². The molecule has 1 amide bonds. The number of carbonyl (C=O) groups is 1. The van der Waals surface area contributed by atoms with Gasteiger partial charge >= 0.3 is 0 Å². The van der Waals surface area contributed by atoms with E-state index in [0.29, 0.717) is 23.9 Å². The summed E-state index contributed by atoms with van der Waals surface area (Å²) in [6.45, 7) is 5.32. The predicted molar refractivity (Wildman–Crippen MR) is 83.0 cm³/mol. The lowest BCUT2D eigenvalue weighted by molar-refractivity contribution is 0.0950. The van der Waals surface area contributed by atoms with Crippen molar-refractivity contribution in [2.75, 3.05) is 18.0 Å². The summed E-state index contributed by atoms with van der Waals surface area (Å²) >= 11 is 1.65. The Balaban J connectivity index is 1.62. The van der Waals surface area contributed by atoms with Gasteiger partial charge in [0.05, 0.1) is 5.56 Å². The van der Waals surface area contributed by atoms with Crippen LogP contribution in [0.1, 0.15) is 34.7 Å². The highest BCUT2D eigenvalue weighted by molar-refractivity contribution is 7.13. The second-order valence-corrected chi connectivity index (χ2v) is 6.21. The number of thiazole rings is 1. The number of aryl methyl sites for hydroxylation is 2. The van der Waals surface area contributed by atoms with Gasteiger partial charge in [0, 0.05) is 30.7 Å². The third-order valence-corrected chi connectivity index (χ3v) is 4.63. The zero-order valence-electron chi connectivity index (χ0n) is 12.3. The molecule has 1 fully saturated rings. The lowest BCUT2D eigenvalue weighted by Gasteiger charge is -2.24. The molecule has 1 saturated heterocycles. The summed E-state index contributed by atoms with van der Waals surface area (Å²) in [6, 6.07) is 2.12. The zero-order valence-corrected chi connectivity index (χ0v) is 13.1. The molecule has 3 rings (SSSR count). The smallest absolute Gasteiger partial charge is 0.254 e. The van der Waals surface area contributed by atoms with Gasteiger partial charge in [0.15, 0.2) is 5.13 Å². The Morgan fingerprint density at radius 2 is 2.43 bits per heavy atom. The molecular weight excluding hydrogens is 286 g/mol. The number of anilines is 1. The largest absolute Gasteiger partial charge is 0.466 e. The van der Waals surface area contributed by atoms with Crippen LogP contribution in [0.5, 0.6) is 0 Å². The molecule has 0 spiro atoms. The van der Waals surface area contributed by atoms with Crippen molar-refractivity contribution < 1.29 is 9.21 Å². The van der Waals surface area contributed by atoms with E-state index in [1.54, 1.807) is 17.4 Å². The van der Waals surface area contributed by atoms with Gasteiger partial charge in [-0.05, 0) is 32.8 Å². The molecule has 2 aromatic heterocycles. The van der Waals surface area contributed by atoms with E-state index in [1.165, 1.54) is 0 Å². The topological polar surface area (TPSA) is 58.4 Å². The molecule has 1 aliphatic heterocycles. The number of nitrogens with one attached hydrogen (secondary N) is 1. The fourth-order valence-corrected chi connectivity index (χ4v) is 3.56. The van der Waals surface area contributed by atoms with E-state index in [9.17, 15) is 4.79 Å². The molecule has 5 nitrogen and oxygen atoms in total. The molecule has 6 heteroatoms. The second-order valence-electron chi connectivity index (χ2n) is 5.34. The predicted octanol–water partition coefficient (Wildman–Crippen LogP) is 2.75. The average Bonchev–Trinajstić information content (AvgIpc) is 3.15. The van der Waals surface area contributed by atoms with Crippen LogP contribution < -0.4 is 10.2 Å². The van der Waals surface area contributed by atoms with Crippen molar-refractivity contribution in [3.8, 4) is 0 Å². The van der Waals surface area contributed by atoms with Gasteiger partial charge in [-0.2, -0.15) is 0 Å². The third-order valence-electron chi connectivity index (χ3n) is 3.83. The normalized spacial score (nSPS) is 18.2. The molecule has 1 unspecified atom stereocenters. The molecule has 21 heavy (non-hydrogen) atoms. The number of amides is 1. The lowest BCUT2D eigenvalue weighted by atomic mass is 10.2. The fraction of sp³-hybridized carbons (Fsp3) is 0.467. The fourth-order valence-electron chi connectivity index (χ4n) is 2.82. The molecule has 112 valence electrons. The standard InChI is InChI=1S/C15H19N3O2S/c1-10-8-13(11(2)20-10)14(19)17-9-12-4-3-6-18(12)15-16-5-7-21-15/h5,7-8,12H,3-4,6,9H2,1-2H3,(H,17,19). The van der Waals surface area contributed by atoms with Gasteiger partial charge in [-0.3, -0.25) is 4.79 Å². The summed E-state index contributed by atoms with van der Waals surface area (Å²) < 4.78 is 5.41. The molecule has 0 saturated carbocycles. The number of hydrogen-bond acceptors (Lipinski definition) is 5. The van der Waals surface area contributed by atoms with Crippen molar-refractivity contribution in [1.29, 1.82) is 0 Å². The minimum absolute atomic E-state index is 0.0599. The van der Waals surface area contributed by atoms with Gasteiger partial charge in [0.2, 0.25) is 0 Å². The average molecular weight is 305 g/mol. The van der Waals surface area contributed by atoms with Crippen LogP contribution >= 0.6 is 11.3 Å². The van der Waals surface area contributed by atoms with E-state index in [2.05, 4.69) is 15.2 Å². The van der Waals surface area contributed by atoms with Gasteiger partial charge in [0.25, 0.3) is 5.91 Å². The maximum absolute atomic E-state index is 12.2. The maximum Gasteiger partial charge on any atom is 0.254 e. The highest BCUT2D eigenvalue weighted by atomic mass is 32.1. The minimum Gasteiger partial charge on any atom is -0.466 e. The minimum atomic E-state index is -0.0599. The quantitative estimate of drug-likeness (QED) is 0.943. The number of carbonyl (C=O) groups excluding carboxylic acids is 1. The monoisotopic (exact) mass is 305 g/mol.